The first-order chi connectivity index (χ1) is 16.5. The molecule has 0 fully saturated rings. The minimum Gasteiger partial charge on any atom is -0.321 e. The largest absolute Gasteiger partial charge is 0.321 e. The maximum Gasteiger partial charge on any atom is 0.255 e. The van der Waals surface area contributed by atoms with Crippen LogP contribution in [0, 0.1) is 0 Å². The Hall–Kier alpha value is -3.29. The molecule has 0 atom stereocenters. The lowest BCUT2D eigenvalue weighted by atomic mass is 9.92. The molecule has 0 radical (unpaired) electrons. The number of anilines is 1. The highest BCUT2D eigenvalue weighted by Gasteiger charge is 2.17. The predicted octanol–water partition coefficient (Wildman–Crippen LogP) is 5.87. The van der Waals surface area contributed by atoms with Gasteiger partial charge in [0.05, 0.1) is 4.90 Å². The number of Topliss-reactive ketones (excluding diaryl/α,β-unsaturated/α-hetero) is 1. The van der Waals surface area contributed by atoms with Crippen molar-refractivity contribution < 1.29 is 18.0 Å². The van der Waals surface area contributed by atoms with Gasteiger partial charge in [0.1, 0.15) is 0 Å². The standard InChI is InChI=1S/C28H32N2O4S/c1-18(2)25-7-6-8-26(19(3)4)27(25)30-28(32)23-11-9-21(10-12-23)17-29-35(33,34)24-15-13-22(14-16-24)20(5)31/h6-16,18-19,29H,17H2,1-5H3,(H,30,32). The van der Waals surface area contributed by atoms with Crippen LogP contribution in [0.3, 0.4) is 0 Å². The molecule has 3 aromatic carbocycles. The Morgan fingerprint density at radius 3 is 1.77 bits per heavy atom. The SMILES string of the molecule is CC(=O)c1ccc(S(=O)(=O)NCc2ccc(C(=O)Nc3c(C(C)C)cccc3C(C)C)cc2)cc1. The van der Waals surface area contributed by atoms with Gasteiger partial charge in [0.2, 0.25) is 10.0 Å². The Morgan fingerprint density at radius 1 is 0.771 bits per heavy atom. The van der Waals surface area contributed by atoms with E-state index in [-0.39, 0.29) is 35.0 Å². The van der Waals surface area contributed by atoms with Gasteiger partial charge in [-0.2, -0.15) is 0 Å². The van der Waals surface area contributed by atoms with Crippen LogP contribution in [0.1, 0.15) is 83.9 Å². The summed E-state index contributed by atoms with van der Waals surface area (Å²) in [5.74, 6) is 0.188. The van der Waals surface area contributed by atoms with Gasteiger partial charge >= 0.3 is 0 Å². The van der Waals surface area contributed by atoms with Crippen molar-refractivity contribution in [1.29, 1.82) is 0 Å². The Balaban J connectivity index is 1.71. The van der Waals surface area contributed by atoms with Crippen LogP contribution in [0.25, 0.3) is 0 Å². The van der Waals surface area contributed by atoms with Crippen molar-refractivity contribution in [1.82, 2.24) is 4.72 Å². The number of rotatable bonds is 9. The molecule has 0 saturated heterocycles. The zero-order valence-electron chi connectivity index (χ0n) is 20.8. The summed E-state index contributed by atoms with van der Waals surface area (Å²) in [5, 5.41) is 3.09. The summed E-state index contributed by atoms with van der Waals surface area (Å²) in [4.78, 5) is 24.5. The average molecular weight is 493 g/mol. The molecule has 0 aliphatic heterocycles. The van der Waals surface area contributed by atoms with E-state index in [4.69, 9.17) is 0 Å². The Morgan fingerprint density at radius 2 is 1.29 bits per heavy atom. The maximum absolute atomic E-state index is 13.0. The number of nitrogens with one attached hydrogen (secondary N) is 2. The van der Waals surface area contributed by atoms with E-state index < -0.39 is 10.0 Å². The third-order valence-corrected chi connectivity index (χ3v) is 7.28. The van der Waals surface area contributed by atoms with Gasteiger partial charge in [0, 0.05) is 23.4 Å². The minimum atomic E-state index is -3.73. The normalized spacial score (nSPS) is 11.6. The second-order valence-corrected chi connectivity index (χ2v) is 10.9. The molecule has 6 nitrogen and oxygen atoms in total. The summed E-state index contributed by atoms with van der Waals surface area (Å²) in [7, 11) is -3.73. The van der Waals surface area contributed by atoms with Crippen molar-refractivity contribution in [2.75, 3.05) is 5.32 Å². The van der Waals surface area contributed by atoms with Crippen LogP contribution in [0.15, 0.2) is 71.6 Å². The summed E-state index contributed by atoms with van der Waals surface area (Å²) < 4.78 is 27.7. The van der Waals surface area contributed by atoms with E-state index in [1.807, 2.05) is 18.2 Å². The molecule has 1 amide bonds. The molecule has 7 heteroatoms. The number of carbonyl (C=O) groups is 2. The van der Waals surface area contributed by atoms with E-state index in [0.29, 0.717) is 11.1 Å². The van der Waals surface area contributed by atoms with Crippen molar-refractivity contribution in [3.63, 3.8) is 0 Å². The molecule has 0 aromatic heterocycles. The minimum absolute atomic E-state index is 0.0758. The molecule has 0 aliphatic rings. The van der Waals surface area contributed by atoms with Crippen molar-refractivity contribution in [2.24, 2.45) is 0 Å². The number of carbonyl (C=O) groups excluding carboxylic acids is 2. The molecular formula is C28H32N2O4S. The fraction of sp³-hybridized carbons (Fsp3) is 0.286. The second kappa shape index (κ2) is 11.0. The molecule has 0 saturated carbocycles. The summed E-state index contributed by atoms with van der Waals surface area (Å²) in [6.45, 7) is 9.90. The summed E-state index contributed by atoms with van der Waals surface area (Å²) in [6.07, 6.45) is 0. The molecule has 0 heterocycles. The number of sulfonamides is 1. The highest BCUT2D eigenvalue weighted by molar-refractivity contribution is 7.89. The number of hydrogen-bond acceptors (Lipinski definition) is 4. The molecule has 2 N–H and O–H groups in total. The van der Waals surface area contributed by atoms with Crippen LogP contribution in [-0.4, -0.2) is 20.1 Å². The lowest BCUT2D eigenvalue weighted by molar-refractivity contribution is 0.101. The summed E-state index contributed by atoms with van der Waals surface area (Å²) >= 11 is 0. The molecule has 0 spiro atoms. The van der Waals surface area contributed by atoms with Crippen LogP contribution < -0.4 is 10.0 Å². The molecular weight excluding hydrogens is 460 g/mol. The van der Waals surface area contributed by atoms with E-state index in [0.717, 1.165) is 22.4 Å². The third-order valence-electron chi connectivity index (χ3n) is 5.87. The zero-order valence-corrected chi connectivity index (χ0v) is 21.6. The molecule has 0 aliphatic carbocycles. The quantitative estimate of drug-likeness (QED) is 0.366. The van der Waals surface area contributed by atoms with Crippen LogP contribution in [0.2, 0.25) is 0 Å². The van der Waals surface area contributed by atoms with Gasteiger partial charge in [0.15, 0.2) is 5.78 Å². The Bertz CT molecular complexity index is 1280. The van der Waals surface area contributed by atoms with Crippen LogP contribution in [0.4, 0.5) is 5.69 Å². The van der Waals surface area contributed by atoms with Crippen molar-refractivity contribution in [3.8, 4) is 0 Å². The first-order valence-corrected chi connectivity index (χ1v) is 13.1. The van der Waals surface area contributed by atoms with Crippen molar-refractivity contribution in [2.45, 2.75) is 57.9 Å². The predicted molar refractivity (Wildman–Crippen MR) is 139 cm³/mol. The maximum atomic E-state index is 13.0. The number of hydrogen-bond donors (Lipinski definition) is 2. The van der Waals surface area contributed by atoms with Crippen LogP contribution in [-0.2, 0) is 16.6 Å². The number of ketones is 1. The first-order valence-electron chi connectivity index (χ1n) is 11.6. The second-order valence-electron chi connectivity index (χ2n) is 9.18. The van der Waals surface area contributed by atoms with Crippen molar-refractivity contribution in [3.05, 3.63) is 94.5 Å². The lowest BCUT2D eigenvalue weighted by Gasteiger charge is -2.20. The smallest absolute Gasteiger partial charge is 0.255 e. The zero-order chi connectivity index (χ0) is 25.8. The van der Waals surface area contributed by atoms with Gasteiger partial charge in [-0.3, -0.25) is 9.59 Å². The molecule has 184 valence electrons. The van der Waals surface area contributed by atoms with E-state index in [9.17, 15) is 18.0 Å². The summed E-state index contributed by atoms with van der Waals surface area (Å²) in [5.41, 5.74) is 4.70. The molecule has 0 unspecified atom stereocenters. The third kappa shape index (κ3) is 6.44. The first kappa shape index (κ1) is 26.3. The van der Waals surface area contributed by atoms with Crippen LogP contribution >= 0.6 is 0 Å². The molecule has 3 rings (SSSR count). The topological polar surface area (TPSA) is 92.3 Å². The fourth-order valence-corrected chi connectivity index (χ4v) is 4.80. The van der Waals surface area contributed by atoms with E-state index in [1.165, 1.54) is 31.2 Å². The monoisotopic (exact) mass is 492 g/mol. The van der Waals surface area contributed by atoms with Gasteiger partial charge in [0.25, 0.3) is 5.91 Å². The van der Waals surface area contributed by atoms with Gasteiger partial charge in [-0.05, 0) is 59.7 Å². The number of amides is 1. The molecule has 0 bridgehead atoms. The van der Waals surface area contributed by atoms with Gasteiger partial charge < -0.3 is 5.32 Å². The number of benzene rings is 3. The van der Waals surface area contributed by atoms with Crippen molar-refractivity contribution >= 4 is 27.4 Å². The fourth-order valence-electron chi connectivity index (χ4n) is 3.79. The van der Waals surface area contributed by atoms with E-state index in [1.54, 1.807) is 24.3 Å². The van der Waals surface area contributed by atoms with Gasteiger partial charge in [-0.15, -0.1) is 0 Å². The Kier molecular flexibility index (Phi) is 8.25. The highest BCUT2D eigenvalue weighted by Crippen LogP contribution is 2.32. The number of para-hydroxylation sites is 1. The average Bonchev–Trinajstić information content (AvgIpc) is 2.83. The van der Waals surface area contributed by atoms with Gasteiger partial charge in [-0.25, -0.2) is 13.1 Å². The Labute approximate surface area is 207 Å². The molecule has 3 aromatic rings. The van der Waals surface area contributed by atoms with E-state index >= 15 is 0 Å². The van der Waals surface area contributed by atoms with Gasteiger partial charge in [-0.1, -0.05) is 70.2 Å². The van der Waals surface area contributed by atoms with Crippen LogP contribution in [0.5, 0.6) is 0 Å². The lowest BCUT2D eigenvalue weighted by Crippen LogP contribution is -2.23. The molecule has 35 heavy (non-hydrogen) atoms. The van der Waals surface area contributed by atoms with E-state index in [2.05, 4.69) is 37.7 Å². The summed E-state index contributed by atoms with van der Waals surface area (Å²) in [6, 6.07) is 18.7. The highest BCUT2D eigenvalue weighted by atomic mass is 32.2.